The third-order valence-electron chi connectivity index (χ3n) is 3.55. The van der Waals surface area contributed by atoms with Gasteiger partial charge >= 0.3 is 0 Å². The van der Waals surface area contributed by atoms with Gasteiger partial charge in [-0.1, -0.05) is 13.8 Å². The quantitative estimate of drug-likeness (QED) is 0.608. The van der Waals surface area contributed by atoms with Gasteiger partial charge in [-0.3, -0.25) is 0 Å². The van der Waals surface area contributed by atoms with E-state index in [4.69, 9.17) is 0 Å². The highest BCUT2D eigenvalue weighted by Crippen LogP contribution is 2.27. The number of hydrogen-bond donors (Lipinski definition) is 0. The van der Waals surface area contributed by atoms with Gasteiger partial charge in [-0.05, 0) is 40.5 Å². The highest BCUT2D eigenvalue weighted by molar-refractivity contribution is 6.05. The molecule has 0 atom stereocenters. The lowest BCUT2D eigenvalue weighted by Crippen LogP contribution is -2.53. The van der Waals surface area contributed by atoms with Gasteiger partial charge in [0.05, 0.1) is 10.4 Å². The highest BCUT2D eigenvalue weighted by atomic mass is 28.2. The summed E-state index contributed by atoms with van der Waals surface area (Å²) in [4.78, 5) is 0. The van der Waals surface area contributed by atoms with E-state index in [1.807, 2.05) is 0 Å². The molecule has 0 aliphatic carbocycles. The van der Waals surface area contributed by atoms with Crippen LogP contribution in [0.4, 0.5) is 0 Å². The molecule has 0 aromatic heterocycles. The Bertz CT molecular complexity index is 125. The molecular weight excluding hydrogens is 162 g/mol. The van der Waals surface area contributed by atoms with Gasteiger partial charge < -0.3 is 4.57 Å². The second-order valence-electron chi connectivity index (χ2n) is 4.89. The monoisotopic (exact) mass is 187 g/mol. The predicted molar refractivity (Wildman–Crippen MR) is 60.5 cm³/mol. The lowest BCUT2D eigenvalue weighted by Gasteiger charge is -2.46. The van der Waals surface area contributed by atoms with Gasteiger partial charge in [0, 0.05) is 11.1 Å². The number of hydrogen-bond acceptors (Lipinski definition) is 1. The van der Waals surface area contributed by atoms with Crippen molar-refractivity contribution in [3.05, 3.63) is 0 Å². The number of rotatable bonds is 4. The zero-order valence-electron chi connectivity index (χ0n) is 9.86. The van der Waals surface area contributed by atoms with Crippen LogP contribution in [0.1, 0.15) is 54.4 Å². The Kier molecular flexibility index (Phi) is 3.98. The molecule has 12 heavy (non-hydrogen) atoms. The van der Waals surface area contributed by atoms with Crippen LogP contribution in [0.3, 0.4) is 0 Å². The number of nitrogens with zero attached hydrogens (tertiary/aromatic N) is 1. The molecule has 0 fully saturated rings. The third-order valence-corrected chi connectivity index (χ3v) is 5.97. The largest absolute Gasteiger partial charge is 0.323 e. The van der Waals surface area contributed by atoms with E-state index in [0.29, 0.717) is 11.1 Å². The van der Waals surface area contributed by atoms with Crippen LogP contribution in [0.15, 0.2) is 0 Å². The average molecular weight is 187 g/mol. The molecule has 0 aromatic rings. The lowest BCUT2D eigenvalue weighted by molar-refractivity contribution is 0.108. The molecule has 0 bridgehead atoms. The normalized spacial score (nSPS) is 14.2. The van der Waals surface area contributed by atoms with Crippen LogP contribution in [0, 0.1) is 0 Å². The minimum atomic E-state index is 0.381. The average Bonchev–Trinajstić information content (AvgIpc) is 2.03. The smallest absolute Gasteiger partial charge is 0.0797 e. The molecule has 0 rings (SSSR count). The van der Waals surface area contributed by atoms with Gasteiger partial charge in [-0.25, -0.2) is 0 Å². The molecule has 0 amide bonds. The molecule has 1 nitrogen and oxygen atoms in total. The summed E-state index contributed by atoms with van der Waals surface area (Å²) in [6.07, 6.45) is 2.47. The zero-order chi connectivity index (χ0) is 9.99. The molecular formula is C10H25NSi. The van der Waals surface area contributed by atoms with Gasteiger partial charge in [0.25, 0.3) is 0 Å². The van der Waals surface area contributed by atoms with Crippen molar-refractivity contribution in [2.45, 2.75) is 65.5 Å². The fourth-order valence-corrected chi connectivity index (χ4v) is 1.93. The highest BCUT2D eigenvalue weighted by Gasteiger charge is 2.31. The molecule has 2 heteroatoms. The summed E-state index contributed by atoms with van der Waals surface area (Å²) >= 11 is 0. The first-order valence-electron chi connectivity index (χ1n) is 5.02. The molecule has 0 N–H and O–H groups in total. The van der Waals surface area contributed by atoms with Gasteiger partial charge in [0.2, 0.25) is 0 Å². The van der Waals surface area contributed by atoms with E-state index >= 15 is 0 Å². The first-order valence-corrected chi connectivity index (χ1v) is 5.91. The van der Waals surface area contributed by atoms with Crippen molar-refractivity contribution >= 4 is 10.4 Å². The lowest BCUT2D eigenvalue weighted by atomic mass is 9.93. The zero-order valence-corrected chi connectivity index (χ0v) is 11.9. The van der Waals surface area contributed by atoms with Gasteiger partial charge in [-0.2, -0.15) is 0 Å². The van der Waals surface area contributed by atoms with Crippen molar-refractivity contribution in [1.29, 1.82) is 0 Å². The van der Waals surface area contributed by atoms with Crippen LogP contribution in [0.5, 0.6) is 0 Å². The van der Waals surface area contributed by atoms with Crippen LogP contribution >= 0.6 is 0 Å². The standard InChI is InChI=1S/C10H25NSi/c1-7-9(3,4)11(12)10(5,6)8-2/h7-8H2,1-6,12H3. The summed E-state index contributed by atoms with van der Waals surface area (Å²) in [5.41, 5.74) is 0.761. The van der Waals surface area contributed by atoms with E-state index in [2.05, 4.69) is 46.1 Å². The Balaban J connectivity index is 4.47. The second-order valence-corrected chi connectivity index (χ2v) is 5.79. The molecule has 0 spiro atoms. The van der Waals surface area contributed by atoms with Crippen molar-refractivity contribution < 1.29 is 0 Å². The fourth-order valence-electron chi connectivity index (χ4n) is 1.29. The van der Waals surface area contributed by atoms with Crippen LogP contribution in [-0.4, -0.2) is 26.0 Å². The van der Waals surface area contributed by atoms with Crippen LogP contribution < -0.4 is 0 Å². The topological polar surface area (TPSA) is 3.24 Å². The van der Waals surface area contributed by atoms with E-state index in [1.165, 1.54) is 12.8 Å². The maximum absolute atomic E-state index is 2.62. The molecule has 0 heterocycles. The maximum Gasteiger partial charge on any atom is 0.0797 e. The second kappa shape index (κ2) is 3.92. The van der Waals surface area contributed by atoms with E-state index < -0.39 is 0 Å². The van der Waals surface area contributed by atoms with Crippen molar-refractivity contribution in [2.24, 2.45) is 0 Å². The van der Waals surface area contributed by atoms with Gasteiger partial charge in [0.1, 0.15) is 0 Å². The summed E-state index contributed by atoms with van der Waals surface area (Å²) < 4.78 is 2.62. The first-order chi connectivity index (χ1) is 5.28. The maximum atomic E-state index is 2.62. The molecule has 0 radical (unpaired) electrons. The Labute approximate surface area is 81.0 Å². The summed E-state index contributed by atoms with van der Waals surface area (Å²) in [6.45, 7) is 13.9. The van der Waals surface area contributed by atoms with E-state index in [0.717, 1.165) is 10.4 Å². The summed E-state index contributed by atoms with van der Waals surface area (Å²) in [5, 5.41) is 0. The molecule has 0 saturated carbocycles. The summed E-state index contributed by atoms with van der Waals surface area (Å²) in [6, 6.07) is 0. The fraction of sp³-hybridized carbons (Fsp3) is 1.00. The van der Waals surface area contributed by atoms with Gasteiger partial charge in [-0.15, -0.1) is 0 Å². The van der Waals surface area contributed by atoms with Crippen molar-refractivity contribution in [1.82, 2.24) is 4.57 Å². The summed E-state index contributed by atoms with van der Waals surface area (Å²) in [7, 11) is 1.16. The van der Waals surface area contributed by atoms with Crippen LogP contribution in [-0.2, 0) is 0 Å². The van der Waals surface area contributed by atoms with Crippen molar-refractivity contribution in [2.75, 3.05) is 0 Å². The van der Waals surface area contributed by atoms with E-state index in [-0.39, 0.29) is 0 Å². The Morgan fingerprint density at radius 1 is 0.917 bits per heavy atom. The van der Waals surface area contributed by atoms with Crippen molar-refractivity contribution in [3.63, 3.8) is 0 Å². The first kappa shape index (κ1) is 12.2. The van der Waals surface area contributed by atoms with Crippen LogP contribution in [0.2, 0.25) is 0 Å². The molecule has 0 saturated heterocycles. The molecule has 0 aromatic carbocycles. The molecule has 0 aliphatic heterocycles. The van der Waals surface area contributed by atoms with E-state index in [9.17, 15) is 0 Å². The predicted octanol–water partition coefficient (Wildman–Crippen LogP) is 1.95. The third kappa shape index (κ3) is 2.59. The van der Waals surface area contributed by atoms with Crippen molar-refractivity contribution in [3.8, 4) is 0 Å². The summed E-state index contributed by atoms with van der Waals surface area (Å²) in [5.74, 6) is 0. The molecule has 0 aliphatic rings. The molecule has 0 unspecified atom stereocenters. The van der Waals surface area contributed by atoms with E-state index in [1.54, 1.807) is 0 Å². The van der Waals surface area contributed by atoms with Crippen LogP contribution in [0.25, 0.3) is 0 Å². The molecule has 74 valence electrons. The minimum absolute atomic E-state index is 0.381. The van der Waals surface area contributed by atoms with Gasteiger partial charge in [0.15, 0.2) is 0 Å². The SMILES string of the molecule is CCC(C)(C)N([SiH3])C(C)(C)CC. The minimum Gasteiger partial charge on any atom is -0.323 e. The Morgan fingerprint density at radius 2 is 1.17 bits per heavy atom. The Morgan fingerprint density at radius 3 is 1.33 bits per heavy atom. The Hall–Kier alpha value is 0.177.